The lowest BCUT2D eigenvalue weighted by atomic mass is 9.56. The van der Waals surface area contributed by atoms with E-state index in [9.17, 15) is 25.1 Å². The summed E-state index contributed by atoms with van der Waals surface area (Å²) in [5, 5.41) is 39.0. The van der Waals surface area contributed by atoms with E-state index >= 15 is 0 Å². The number of allylic oxidation sites excluding steroid dienone is 1. The van der Waals surface area contributed by atoms with Gasteiger partial charge < -0.3 is 34.6 Å². The third-order valence-electron chi connectivity index (χ3n) is 14.5. The third-order valence-corrected chi connectivity index (χ3v) is 15.9. The molecule has 0 aromatic heterocycles. The topological polar surface area (TPSA) is 162 Å². The molecule has 3 N–H and O–H groups in total. The molecule has 71 heavy (non-hydrogen) atoms. The number of carbonyl (C=O) groups excluding carboxylic acids is 1. The molecular formula is C58H81N3O9S. The van der Waals surface area contributed by atoms with Crippen LogP contribution in [-0.4, -0.2) is 63.6 Å². The van der Waals surface area contributed by atoms with Crippen LogP contribution in [0.3, 0.4) is 0 Å². The van der Waals surface area contributed by atoms with Crippen molar-refractivity contribution in [3.05, 3.63) is 124 Å². The predicted octanol–water partition coefficient (Wildman–Crippen LogP) is 13.9. The zero-order valence-electron chi connectivity index (χ0n) is 42.3. The van der Waals surface area contributed by atoms with Gasteiger partial charge in [-0.05, 0) is 96.7 Å². The van der Waals surface area contributed by atoms with Crippen molar-refractivity contribution in [3.63, 3.8) is 0 Å². The lowest BCUT2D eigenvalue weighted by Gasteiger charge is -2.58. The van der Waals surface area contributed by atoms with Crippen molar-refractivity contribution in [2.45, 2.75) is 172 Å². The average Bonchev–Trinajstić information content (AvgIpc) is 3.38. The second-order valence-electron chi connectivity index (χ2n) is 19.6. The highest BCUT2D eigenvalue weighted by Crippen LogP contribution is 2.62. The number of non-ortho nitro benzene ring substituents is 1. The first kappa shape index (κ1) is 55.6. The summed E-state index contributed by atoms with van der Waals surface area (Å²) < 4.78 is 20.5. The molecule has 6 atom stereocenters. The molecule has 3 aromatic rings. The van der Waals surface area contributed by atoms with Crippen LogP contribution in [0.5, 0.6) is 11.5 Å². The number of nitro groups is 1. The van der Waals surface area contributed by atoms with Crippen LogP contribution in [0.4, 0.5) is 10.5 Å². The maximum Gasteiger partial charge on any atom is 0.412 e. The number of amides is 1. The number of nitro benzene ring substituents is 1. The van der Waals surface area contributed by atoms with Gasteiger partial charge in [0.1, 0.15) is 18.1 Å². The lowest BCUT2D eigenvalue weighted by molar-refractivity contribution is -0.384. The number of carbonyl (C=O) groups is 1. The molecular weight excluding hydrogens is 915 g/mol. The van der Waals surface area contributed by atoms with Gasteiger partial charge in [-0.3, -0.25) is 10.1 Å². The van der Waals surface area contributed by atoms with E-state index in [2.05, 4.69) is 24.9 Å². The highest BCUT2D eigenvalue weighted by molar-refractivity contribution is 8.00. The fourth-order valence-corrected chi connectivity index (χ4v) is 12.3. The molecule has 1 heterocycles. The minimum atomic E-state index is -1.11. The van der Waals surface area contributed by atoms with E-state index in [-0.39, 0.29) is 61.0 Å². The van der Waals surface area contributed by atoms with E-state index < -0.39 is 16.8 Å². The first-order chi connectivity index (χ1) is 34.8. The minimum absolute atomic E-state index is 0.0139. The fraction of sp³-hybridized carbons (Fsp3) is 0.586. The van der Waals surface area contributed by atoms with Crippen LogP contribution in [0, 0.1) is 27.9 Å². The number of unbranched alkanes of at least 4 members (excludes halogenated alkanes) is 15. The van der Waals surface area contributed by atoms with Crippen molar-refractivity contribution in [2.24, 2.45) is 22.9 Å². The first-order valence-electron chi connectivity index (χ1n) is 26.9. The number of nitrogens with one attached hydrogen (secondary N) is 1. The summed E-state index contributed by atoms with van der Waals surface area (Å²) in [6.45, 7) is 7.27. The monoisotopic (exact) mass is 996 g/mol. The number of benzene rings is 3. The van der Waals surface area contributed by atoms with Gasteiger partial charge in [0.25, 0.3) is 5.69 Å². The number of rotatable bonds is 34. The van der Waals surface area contributed by atoms with Crippen molar-refractivity contribution in [1.29, 1.82) is 0 Å². The summed E-state index contributed by atoms with van der Waals surface area (Å²) in [6.07, 6.45) is 26.9. The Morgan fingerprint density at radius 3 is 2.17 bits per heavy atom. The maximum absolute atomic E-state index is 13.3. The molecule has 0 bridgehead atoms. The van der Waals surface area contributed by atoms with Gasteiger partial charge in [-0.2, -0.15) is 11.8 Å². The Morgan fingerprint density at radius 2 is 1.52 bits per heavy atom. The van der Waals surface area contributed by atoms with Crippen molar-refractivity contribution in [3.8, 4) is 11.5 Å². The molecule has 6 rings (SSSR count). The van der Waals surface area contributed by atoms with Gasteiger partial charge >= 0.3 is 6.09 Å². The van der Waals surface area contributed by atoms with Gasteiger partial charge in [0.05, 0.1) is 28.4 Å². The molecule has 3 aromatic carbocycles. The van der Waals surface area contributed by atoms with Gasteiger partial charge in [-0.1, -0.05) is 151 Å². The first-order valence-corrected chi connectivity index (χ1v) is 27.9. The number of aliphatic hydroxyl groups excluding tert-OH is 2. The summed E-state index contributed by atoms with van der Waals surface area (Å²) >= 11 is 1.87. The Kier molecular flexibility index (Phi) is 23.8. The standard InChI is InChI=1S/C58H81N3O9S/c1-3-5-6-7-8-9-10-11-12-13-14-15-16-24-38-71-54-41-52(60-68-43-45-29-31-47(32-30-45)61(65)66)50-39-46(27-20-22-35-62)49(28-21-23-36-63)55-51-40-48(69-57(64)59-42-44-25-18-17-19-26-44)33-34-53(51)70-58(54,56(50)55)67-37-4-2/h4,17-19,25-26,29-34,39-40,46,49,54-56,62-63H,2-3,5-16,20-24,27-28,35-38,41-43H2,1H3,(H,59,64)/t46-,49+,54-,55+,56+,58+/m0/s1. The number of ether oxygens (including phenoxy) is 3. The zero-order chi connectivity index (χ0) is 50.1. The second-order valence-corrected chi connectivity index (χ2v) is 20.9. The molecule has 1 fully saturated rings. The molecule has 388 valence electrons. The number of fused-ring (bicyclic) bond motifs is 2. The Balaban J connectivity index is 1.29. The van der Waals surface area contributed by atoms with Gasteiger partial charge in [0.2, 0.25) is 5.79 Å². The quantitative estimate of drug-likeness (QED) is 0.0227. The maximum atomic E-state index is 13.3. The molecule has 0 radical (unpaired) electrons. The van der Waals surface area contributed by atoms with E-state index in [0.717, 1.165) is 72.3 Å². The molecule has 1 saturated carbocycles. The Hall–Kier alpha value is -4.69. The predicted molar refractivity (Wildman–Crippen MR) is 285 cm³/mol. The molecule has 13 heteroatoms. The highest BCUT2D eigenvalue weighted by Gasteiger charge is 2.64. The average molecular weight is 996 g/mol. The van der Waals surface area contributed by atoms with Gasteiger partial charge in [0, 0.05) is 49.8 Å². The van der Waals surface area contributed by atoms with Crippen LogP contribution < -0.4 is 14.8 Å². The summed E-state index contributed by atoms with van der Waals surface area (Å²) in [5.74, 6) is 0.555. The molecule has 2 aliphatic carbocycles. The van der Waals surface area contributed by atoms with Crippen LogP contribution in [0.15, 0.2) is 102 Å². The van der Waals surface area contributed by atoms with Crippen molar-refractivity contribution < 1.29 is 39.0 Å². The normalized spacial score (nSPS) is 21.6. The number of nitrogens with zero attached hydrogens (tertiary/aromatic N) is 2. The molecule has 1 aliphatic heterocycles. The van der Waals surface area contributed by atoms with Gasteiger partial charge in [0.15, 0.2) is 0 Å². The van der Waals surface area contributed by atoms with Crippen molar-refractivity contribution >= 4 is 29.3 Å². The fourth-order valence-electron chi connectivity index (χ4n) is 10.9. The van der Waals surface area contributed by atoms with E-state index in [1.54, 1.807) is 24.3 Å². The molecule has 3 aliphatic rings. The van der Waals surface area contributed by atoms with Crippen LogP contribution in [0.1, 0.15) is 164 Å². The summed E-state index contributed by atoms with van der Waals surface area (Å²) in [4.78, 5) is 30.5. The summed E-state index contributed by atoms with van der Waals surface area (Å²) in [7, 11) is 0. The Labute approximate surface area is 427 Å². The molecule has 1 amide bonds. The van der Waals surface area contributed by atoms with Crippen LogP contribution in [0.2, 0.25) is 0 Å². The number of hydrogen-bond acceptors (Lipinski definition) is 11. The Bertz CT molecular complexity index is 2130. The lowest BCUT2D eigenvalue weighted by Crippen LogP contribution is -2.64. The van der Waals surface area contributed by atoms with E-state index in [1.807, 2.05) is 54.2 Å². The van der Waals surface area contributed by atoms with E-state index in [4.69, 9.17) is 24.2 Å². The van der Waals surface area contributed by atoms with E-state index in [0.29, 0.717) is 37.3 Å². The van der Waals surface area contributed by atoms with Crippen LogP contribution >= 0.6 is 11.8 Å². The largest absolute Gasteiger partial charge is 0.460 e. The molecule has 12 nitrogen and oxygen atoms in total. The number of thioether (sulfide) groups is 1. The van der Waals surface area contributed by atoms with Crippen molar-refractivity contribution in [1.82, 2.24) is 5.32 Å². The smallest absolute Gasteiger partial charge is 0.412 e. The second kappa shape index (κ2) is 30.4. The minimum Gasteiger partial charge on any atom is -0.460 e. The van der Waals surface area contributed by atoms with Crippen LogP contribution in [0.25, 0.3) is 0 Å². The number of oxime groups is 1. The number of aliphatic hydroxyl groups is 2. The molecule has 0 unspecified atom stereocenters. The summed E-state index contributed by atoms with van der Waals surface area (Å²) in [5.41, 5.74) is 4.48. The molecule has 0 spiro atoms. The summed E-state index contributed by atoms with van der Waals surface area (Å²) in [6, 6.07) is 21.7. The zero-order valence-corrected chi connectivity index (χ0v) is 43.1. The van der Waals surface area contributed by atoms with Crippen molar-refractivity contribution in [2.75, 3.05) is 25.6 Å². The van der Waals surface area contributed by atoms with Gasteiger partial charge in [-0.15, -0.1) is 6.58 Å². The van der Waals surface area contributed by atoms with Gasteiger partial charge in [-0.25, -0.2) is 4.79 Å². The van der Waals surface area contributed by atoms with E-state index in [1.165, 1.54) is 89.2 Å². The Morgan fingerprint density at radius 1 is 0.859 bits per heavy atom. The molecule has 0 saturated heterocycles. The third kappa shape index (κ3) is 16.4. The SMILES string of the molecule is C=CCO[C@@]12Oc3ccc(OC(=O)NCc4ccccc4)cc3[C@H]3[C@H](CCCCO)[C@@H](CCCCO)C=C(C(=NOCc4ccc([N+](=O)[O-])cc4)C[C@@H]1SCCCCCCCCCCCCCCCC)[C@H]32. The number of hydrogen-bond donors (Lipinski definition) is 3. The highest BCUT2D eigenvalue weighted by atomic mass is 32.2. The van der Waals surface area contributed by atoms with Crippen LogP contribution in [-0.2, 0) is 22.7 Å².